The average Bonchev–Trinajstić information content (AvgIpc) is 2.87. The van der Waals surface area contributed by atoms with Crippen molar-refractivity contribution < 1.29 is 9.21 Å². The molecule has 19 heavy (non-hydrogen) atoms. The largest absolute Gasteiger partial charge is 0.452 e. The first-order chi connectivity index (χ1) is 8.91. The fraction of sp³-hybridized carbons (Fsp3) is 0.385. The van der Waals surface area contributed by atoms with Crippen molar-refractivity contribution in [2.24, 2.45) is 0 Å². The molecule has 2 aromatic rings. The Balaban J connectivity index is 2.30. The number of nitrogens with one attached hydrogen (secondary N) is 1. The van der Waals surface area contributed by atoms with Crippen molar-refractivity contribution in [2.45, 2.75) is 33.7 Å². The molecule has 0 aliphatic heterocycles. The summed E-state index contributed by atoms with van der Waals surface area (Å²) in [7, 11) is 0. The Hall–Kier alpha value is -1.75. The number of hydrogen-bond donors (Lipinski definition) is 1. The third kappa shape index (κ3) is 2.51. The van der Waals surface area contributed by atoms with Crippen molar-refractivity contribution in [3.63, 3.8) is 0 Å². The van der Waals surface area contributed by atoms with Crippen LogP contribution in [0.1, 0.15) is 41.6 Å². The van der Waals surface area contributed by atoms with Gasteiger partial charge in [0.25, 0.3) is 5.91 Å². The molecule has 1 amide bonds. The van der Waals surface area contributed by atoms with Crippen LogP contribution in [0, 0.1) is 13.8 Å². The van der Waals surface area contributed by atoms with Gasteiger partial charge in [-0.25, -0.2) is 0 Å². The molecule has 5 nitrogen and oxygen atoms in total. The normalized spacial score (nSPS) is 11.1. The van der Waals surface area contributed by atoms with Gasteiger partial charge in [0.2, 0.25) is 5.22 Å². The number of anilines is 1. The van der Waals surface area contributed by atoms with Gasteiger partial charge in [0.05, 0.1) is 28.9 Å². The molecule has 0 saturated heterocycles. The molecule has 0 atom stereocenters. The maximum Gasteiger partial charge on any atom is 0.260 e. The molecule has 102 valence electrons. The minimum atomic E-state index is -0.298. The number of hydrogen-bond acceptors (Lipinski definition) is 3. The Kier molecular flexibility index (Phi) is 3.66. The molecule has 0 bridgehead atoms. The van der Waals surface area contributed by atoms with E-state index in [2.05, 4.69) is 10.4 Å². The maximum atomic E-state index is 12.1. The van der Waals surface area contributed by atoms with Crippen LogP contribution >= 0.6 is 11.6 Å². The lowest BCUT2D eigenvalue weighted by atomic mass is 10.2. The van der Waals surface area contributed by atoms with E-state index >= 15 is 0 Å². The number of carbonyl (C=O) groups is 1. The number of halogens is 1. The van der Waals surface area contributed by atoms with E-state index in [1.807, 2.05) is 32.4 Å². The van der Waals surface area contributed by atoms with E-state index in [-0.39, 0.29) is 17.2 Å². The predicted molar refractivity (Wildman–Crippen MR) is 73.8 cm³/mol. The predicted octanol–water partition coefficient (Wildman–Crippen LogP) is 3.58. The van der Waals surface area contributed by atoms with Crippen LogP contribution in [-0.2, 0) is 0 Å². The van der Waals surface area contributed by atoms with Crippen molar-refractivity contribution in [3.8, 4) is 0 Å². The Morgan fingerprint density at radius 2 is 2.16 bits per heavy atom. The van der Waals surface area contributed by atoms with Crippen molar-refractivity contribution in [1.29, 1.82) is 0 Å². The SMILES string of the molecule is Cc1nn(C(C)C)c(C)c1NC(=O)c1ccoc1Cl. The molecule has 0 radical (unpaired) electrons. The highest BCUT2D eigenvalue weighted by Gasteiger charge is 2.18. The van der Waals surface area contributed by atoms with E-state index in [9.17, 15) is 4.79 Å². The van der Waals surface area contributed by atoms with E-state index in [4.69, 9.17) is 16.0 Å². The van der Waals surface area contributed by atoms with Crippen molar-refractivity contribution in [1.82, 2.24) is 9.78 Å². The van der Waals surface area contributed by atoms with Crippen LogP contribution in [0.5, 0.6) is 0 Å². The quantitative estimate of drug-likeness (QED) is 0.935. The fourth-order valence-electron chi connectivity index (χ4n) is 1.98. The van der Waals surface area contributed by atoms with Gasteiger partial charge in [0.15, 0.2) is 0 Å². The number of carbonyl (C=O) groups excluding carboxylic acids is 1. The van der Waals surface area contributed by atoms with Gasteiger partial charge in [0.1, 0.15) is 0 Å². The summed E-state index contributed by atoms with van der Waals surface area (Å²) in [5, 5.41) is 7.33. The third-order valence-electron chi connectivity index (χ3n) is 2.92. The Bertz CT molecular complexity index is 613. The summed E-state index contributed by atoms with van der Waals surface area (Å²) in [6.45, 7) is 7.86. The lowest BCUT2D eigenvalue weighted by Gasteiger charge is -2.09. The highest BCUT2D eigenvalue weighted by molar-refractivity contribution is 6.32. The Labute approximate surface area is 116 Å². The topological polar surface area (TPSA) is 60.1 Å². The molecule has 0 aliphatic carbocycles. The van der Waals surface area contributed by atoms with Crippen LogP contribution in [0.3, 0.4) is 0 Å². The van der Waals surface area contributed by atoms with Gasteiger partial charge < -0.3 is 9.73 Å². The molecule has 0 aromatic carbocycles. The number of amides is 1. The molecule has 2 aromatic heterocycles. The number of nitrogens with zero attached hydrogens (tertiary/aromatic N) is 2. The van der Waals surface area contributed by atoms with Crippen LogP contribution in [0.4, 0.5) is 5.69 Å². The lowest BCUT2D eigenvalue weighted by molar-refractivity contribution is 0.102. The minimum absolute atomic E-state index is 0.0871. The van der Waals surface area contributed by atoms with Gasteiger partial charge >= 0.3 is 0 Å². The zero-order chi connectivity index (χ0) is 14.2. The monoisotopic (exact) mass is 281 g/mol. The summed E-state index contributed by atoms with van der Waals surface area (Å²) in [6, 6.07) is 1.77. The second kappa shape index (κ2) is 5.09. The summed E-state index contributed by atoms with van der Waals surface area (Å²) >= 11 is 5.79. The number of aryl methyl sites for hydroxylation is 1. The van der Waals surface area contributed by atoms with Gasteiger partial charge in [-0.05, 0) is 45.4 Å². The summed E-state index contributed by atoms with van der Waals surface area (Å²) in [4.78, 5) is 12.1. The molecule has 0 unspecified atom stereocenters. The summed E-state index contributed by atoms with van der Waals surface area (Å²) in [5.74, 6) is -0.298. The van der Waals surface area contributed by atoms with Gasteiger partial charge in [-0.15, -0.1) is 0 Å². The van der Waals surface area contributed by atoms with Crippen LogP contribution in [0.15, 0.2) is 16.7 Å². The molecule has 0 spiro atoms. The first kappa shape index (κ1) is 13.7. The molecular weight excluding hydrogens is 266 g/mol. The summed E-state index contributed by atoms with van der Waals surface area (Å²) < 4.78 is 6.79. The molecule has 1 N–H and O–H groups in total. The Morgan fingerprint density at radius 3 is 2.63 bits per heavy atom. The molecule has 2 heterocycles. The standard InChI is InChI=1S/C13H16ClN3O2/c1-7(2)17-9(4)11(8(3)16-17)15-13(18)10-5-6-19-12(10)14/h5-7H,1-4H3,(H,15,18). The zero-order valence-corrected chi connectivity index (χ0v) is 12.1. The highest BCUT2D eigenvalue weighted by atomic mass is 35.5. The van der Waals surface area contributed by atoms with Crippen molar-refractivity contribution in [2.75, 3.05) is 5.32 Å². The molecule has 0 aliphatic rings. The first-order valence-electron chi connectivity index (χ1n) is 6.02. The molecule has 6 heteroatoms. The second-order valence-electron chi connectivity index (χ2n) is 4.65. The fourth-order valence-corrected chi connectivity index (χ4v) is 2.18. The molecular formula is C13H16ClN3O2. The molecule has 2 rings (SSSR count). The molecule has 0 saturated carbocycles. The lowest BCUT2D eigenvalue weighted by Crippen LogP contribution is -2.13. The van der Waals surface area contributed by atoms with Crippen LogP contribution in [-0.4, -0.2) is 15.7 Å². The summed E-state index contributed by atoms with van der Waals surface area (Å²) in [6.07, 6.45) is 1.38. The van der Waals surface area contributed by atoms with Crippen LogP contribution in [0.2, 0.25) is 5.22 Å². The smallest absolute Gasteiger partial charge is 0.260 e. The van der Waals surface area contributed by atoms with Gasteiger partial charge in [-0.2, -0.15) is 5.10 Å². The van der Waals surface area contributed by atoms with Crippen molar-refractivity contribution in [3.05, 3.63) is 34.5 Å². The average molecular weight is 282 g/mol. The van der Waals surface area contributed by atoms with Gasteiger partial charge in [0, 0.05) is 6.04 Å². The van der Waals surface area contributed by atoms with Gasteiger partial charge in [-0.1, -0.05) is 0 Å². The number of aromatic nitrogens is 2. The first-order valence-corrected chi connectivity index (χ1v) is 6.39. The van der Waals surface area contributed by atoms with E-state index in [1.54, 1.807) is 0 Å². The van der Waals surface area contributed by atoms with E-state index in [1.165, 1.54) is 12.3 Å². The Morgan fingerprint density at radius 1 is 1.47 bits per heavy atom. The minimum Gasteiger partial charge on any atom is -0.452 e. The van der Waals surface area contributed by atoms with Crippen molar-refractivity contribution >= 4 is 23.2 Å². The summed E-state index contributed by atoms with van der Waals surface area (Å²) in [5.41, 5.74) is 2.73. The van der Waals surface area contributed by atoms with Crippen LogP contribution in [0.25, 0.3) is 0 Å². The second-order valence-corrected chi connectivity index (χ2v) is 4.99. The highest BCUT2D eigenvalue weighted by Crippen LogP contribution is 2.24. The molecule has 0 fully saturated rings. The van der Waals surface area contributed by atoms with E-state index in [0.717, 1.165) is 17.1 Å². The van der Waals surface area contributed by atoms with Gasteiger partial charge in [-0.3, -0.25) is 9.48 Å². The maximum absolute atomic E-state index is 12.1. The number of furan rings is 1. The number of rotatable bonds is 3. The van der Waals surface area contributed by atoms with E-state index in [0.29, 0.717) is 5.56 Å². The zero-order valence-electron chi connectivity index (χ0n) is 11.3. The van der Waals surface area contributed by atoms with Crippen LogP contribution < -0.4 is 5.32 Å². The third-order valence-corrected chi connectivity index (χ3v) is 3.21. The van der Waals surface area contributed by atoms with E-state index < -0.39 is 0 Å².